The fourth-order valence-corrected chi connectivity index (χ4v) is 3.27. The van der Waals surface area contributed by atoms with Gasteiger partial charge in [-0.3, -0.25) is 0 Å². The Morgan fingerprint density at radius 2 is 1.68 bits per heavy atom. The average Bonchev–Trinajstić information content (AvgIpc) is 2.63. The van der Waals surface area contributed by atoms with E-state index in [4.69, 9.17) is 44.3 Å². The maximum atomic E-state index is 6.49. The third kappa shape index (κ3) is 7.34. The van der Waals surface area contributed by atoms with Crippen molar-refractivity contribution in [3.8, 4) is 11.5 Å². The van der Waals surface area contributed by atoms with E-state index in [1.807, 2.05) is 25.1 Å². The van der Waals surface area contributed by atoms with Gasteiger partial charge in [-0.05, 0) is 75.9 Å². The van der Waals surface area contributed by atoms with Gasteiger partial charge in [0.15, 0.2) is 11.5 Å². The van der Waals surface area contributed by atoms with Crippen molar-refractivity contribution in [2.45, 2.75) is 26.5 Å². The third-order valence-corrected chi connectivity index (χ3v) is 5.04. The molecule has 0 spiro atoms. The van der Waals surface area contributed by atoms with Crippen LogP contribution in [0.3, 0.4) is 0 Å². The fourth-order valence-electron chi connectivity index (χ4n) is 2.66. The zero-order valence-electron chi connectivity index (χ0n) is 16.5. The maximum Gasteiger partial charge on any atom is 0.180 e. The average molecular weight is 446 g/mol. The molecule has 0 saturated heterocycles. The Hall–Kier alpha value is -1.17. The van der Waals surface area contributed by atoms with Crippen molar-refractivity contribution >= 4 is 34.8 Å². The van der Waals surface area contributed by atoms with Gasteiger partial charge in [-0.2, -0.15) is 0 Å². The highest BCUT2D eigenvalue weighted by molar-refractivity contribution is 6.42. The summed E-state index contributed by atoms with van der Waals surface area (Å²) in [7, 11) is 4.15. The van der Waals surface area contributed by atoms with Crippen LogP contribution in [0.5, 0.6) is 11.5 Å². The first-order chi connectivity index (χ1) is 13.4. The zero-order chi connectivity index (χ0) is 20.5. The van der Waals surface area contributed by atoms with Crippen LogP contribution < -0.4 is 14.8 Å². The standard InChI is InChI=1S/C21H27Cl3N2O2/c1-4-27-20-12-16(13-25-8-5-9-26(2)3)11-19(24)21(20)28-14-15-6-7-17(22)18(23)10-15/h6-7,10-12,25H,4-5,8-9,13-14H2,1-3H3. The minimum Gasteiger partial charge on any atom is -0.490 e. The Labute approximate surface area is 182 Å². The van der Waals surface area contributed by atoms with E-state index in [9.17, 15) is 0 Å². The molecule has 0 aliphatic carbocycles. The maximum absolute atomic E-state index is 6.49. The number of rotatable bonds is 11. The second-order valence-electron chi connectivity index (χ2n) is 6.71. The molecule has 28 heavy (non-hydrogen) atoms. The number of nitrogens with zero attached hydrogens (tertiary/aromatic N) is 1. The Morgan fingerprint density at radius 3 is 2.36 bits per heavy atom. The molecule has 0 aliphatic rings. The summed E-state index contributed by atoms with van der Waals surface area (Å²) in [5.74, 6) is 1.17. The van der Waals surface area contributed by atoms with Crippen LogP contribution in [-0.4, -0.2) is 38.7 Å². The molecule has 0 aromatic heterocycles. The van der Waals surface area contributed by atoms with E-state index in [-0.39, 0.29) is 0 Å². The Morgan fingerprint density at radius 1 is 0.929 bits per heavy atom. The van der Waals surface area contributed by atoms with E-state index in [0.717, 1.165) is 37.2 Å². The number of nitrogens with one attached hydrogen (secondary N) is 1. The van der Waals surface area contributed by atoms with E-state index >= 15 is 0 Å². The Bertz CT molecular complexity index is 770. The van der Waals surface area contributed by atoms with Crippen molar-refractivity contribution in [3.05, 3.63) is 56.5 Å². The Balaban J connectivity index is 2.03. The van der Waals surface area contributed by atoms with Gasteiger partial charge in [0.05, 0.1) is 21.7 Å². The van der Waals surface area contributed by atoms with E-state index in [1.165, 1.54) is 0 Å². The van der Waals surface area contributed by atoms with Gasteiger partial charge in [-0.15, -0.1) is 0 Å². The quantitative estimate of drug-likeness (QED) is 0.452. The molecular weight excluding hydrogens is 419 g/mol. The summed E-state index contributed by atoms with van der Waals surface area (Å²) >= 11 is 18.5. The lowest BCUT2D eigenvalue weighted by Gasteiger charge is -2.16. The molecule has 1 N–H and O–H groups in total. The first kappa shape index (κ1) is 23.1. The predicted octanol–water partition coefficient (Wildman–Crippen LogP) is 5.67. The topological polar surface area (TPSA) is 33.7 Å². The largest absolute Gasteiger partial charge is 0.490 e. The van der Waals surface area contributed by atoms with Crippen LogP contribution in [0.1, 0.15) is 24.5 Å². The van der Waals surface area contributed by atoms with E-state index < -0.39 is 0 Å². The van der Waals surface area contributed by atoms with Crippen molar-refractivity contribution in [1.29, 1.82) is 0 Å². The molecule has 7 heteroatoms. The molecule has 0 heterocycles. The molecule has 2 rings (SSSR count). The van der Waals surface area contributed by atoms with Crippen LogP contribution in [0.2, 0.25) is 15.1 Å². The SMILES string of the molecule is CCOc1cc(CNCCCN(C)C)cc(Cl)c1OCc1ccc(Cl)c(Cl)c1. The molecule has 0 fully saturated rings. The predicted molar refractivity (Wildman–Crippen MR) is 118 cm³/mol. The summed E-state index contributed by atoms with van der Waals surface area (Å²) in [6.07, 6.45) is 1.09. The van der Waals surface area contributed by atoms with Gasteiger partial charge >= 0.3 is 0 Å². The molecule has 4 nitrogen and oxygen atoms in total. The van der Waals surface area contributed by atoms with Crippen LogP contribution in [0, 0.1) is 0 Å². The number of benzene rings is 2. The summed E-state index contributed by atoms with van der Waals surface area (Å²) in [6.45, 7) is 5.50. The molecule has 0 radical (unpaired) electrons. The van der Waals surface area contributed by atoms with Crippen LogP contribution in [0.25, 0.3) is 0 Å². The molecule has 2 aromatic carbocycles. The van der Waals surface area contributed by atoms with Gasteiger partial charge < -0.3 is 19.7 Å². The summed E-state index contributed by atoms with van der Waals surface area (Å²) in [4.78, 5) is 2.17. The van der Waals surface area contributed by atoms with Gasteiger partial charge in [0.25, 0.3) is 0 Å². The highest BCUT2D eigenvalue weighted by Crippen LogP contribution is 2.37. The highest BCUT2D eigenvalue weighted by Gasteiger charge is 2.13. The first-order valence-electron chi connectivity index (χ1n) is 9.28. The lowest BCUT2D eigenvalue weighted by atomic mass is 10.2. The highest BCUT2D eigenvalue weighted by atomic mass is 35.5. The lowest BCUT2D eigenvalue weighted by molar-refractivity contribution is 0.269. The van der Waals surface area contributed by atoms with E-state index in [0.29, 0.717) is 39.8 Å². The second-order valence-corrected chi connectivity index (χ2v) is 7.93. The van der Waals surface area contributed by atoms with E-state index in [1.54, 1.807) is 12.1 Å². The molecule has 0 unspecified atom stereocenters. The minimum atomic E-state index is 0.318. The normalized spacial score (nSPS) is 11.1. The van der Waals surface area contributed by atoms with Crippen LogP contribution in [0.4, 0.5) is 0 Å². The number of ether oxygens (including phenoxy) is 2. The van der Waals surface area contributed by atoms with Crippen molar-refractivity contribution in [1.82, 2.24) is 10.2 Å². The van der Waals surface area contributed by atoms with E-state index in [2.05, 4.69) is 24.3 Å². The van der Waals surface area contributed by atoms with Crippen molar-refractivity contribution in [2.75, 3.05) is 33.8 Å². The smallest absolute Gasteiger partial charge is 0.180 e. The number of hydrogen-bond acceptors (Lipinski definition) is 4. The van der Waals surface area contributed by atoms with Crippen LogP contribution in [0.15, 0.2) is 30.3 Å². The molecule has 2 aromatic rings. The van der Waals surface area contributed by atoms with Crippen molar-refractivity contribution in [3.63, 3.8) is 0 Å². The van der Waals surface area contributed by atoms with Gasteiger partial charge in [-0.25, -0.2) is 0 Å². The van der Waals surface area contributed by atoms with Crippen molar-refractivity contribution in [2.24, 2.45) is 0 Å². The number of halogens is 3. The minimum absolute atomic E-state index is 0.318. The van der Waals surface area contributed by atoms with Gasteiger partial charge in [0, 0.05) is 6.54 Å². The monoisotopic (exact) mass is 444 g/mol. The third-order valence-electron chi connectivity index (χ3n) is 4.02. The molecule has 0 amide bonds. The zero-order valence-corrected chi connectivity index (χ0v) is 18.8. The van der Waals surface area contributed by atoms with Gasteiger partial charge in [-0.1, -0.05) is 40.9 Å². The number of hydrogen-bond donors (Lipinski definition) is 1. The molecule has 0 bridgehead atoms. The lowest BCUT2D eigenvalue weighted by Crippen LogP contribution is -2.21. The summed E-state index contributed by atoms with van der Waals surface area (Å²) < 4.78 is 11.7. The fraction of sp³-hybridized carbons (Fsp3) is 0.429. The molecular formula is C21H27Cl3N2O2. The Kier molecular flexibility index (Phi) is 9.69. The first-order valence-corrected chi connectivity index (χ1v) is 10.4. The van der Waals surface area contributed by atoms with Crippen LogP contribution in [-0.2, 0) is 13.2 Å². The van der Waals surface area contributed by atoms with Gasteiger partial charge in [0.1, 0.15) is 6.61 Å². The molecule has 0 aliphatic heterocycles. The second kappa shape index (κ2) is 11.7. The van der Waals surface area contributed by atoms with Gasteiger partial charge in [0.2, 0.25) is 0 Å². The molecule has 154 valence electrons. The summed E-state index contributed by atoms with van der Waals surface area (Å²) in [5, 5.41) is 4.97. The summed E-state index contributed by atoms with van der Waals surface area (Å²) in [6, 6.07) is 9.28. The van der Waals surface area contributed by atoms with Crippen LogP contribution >= 0.6 is 34.8 Å². The van der Waals surface area contributed by atoms with Crippen molar-refractivity contribution < 1.29 is 9.47 Å². The molecule has 0 atom stereocenters. The molecule has 0 saturated carbocycles. The summed E-state index contributed by atoms with van der Waals surface area (Å²) in [5.41, 5.74) is 1.96.